The summed E-state index contributed by atoms with van der Waals surface area (Å²) in [5.74, 6) is -5.88. The van der Waals surface area contributed by atoms with Crippen LogP contribution in [0.4, 0.5) is 0 Å². The molecule has 0 spiro atoms. The van der Waals surface area contributed by atoms with Crippen LogP contribution in [0.15, 0.2) is 0 Å². The minimum atomic E-state index is -0.889. The number of ketones is 2. The van der Waals surface area contributed by atoms with E-state index in [-0.39, 0.29) is 44.2 Å². The molecule has 0 amide bonds. The average molecular weight is 726 g/mol. The maximum Gasteiger partial charge on any atom is 0.312 e. The molecule has 4 atom stereocenters. The number of ether oxygens (including phenoxy) is 5. The molecule has 0 aromatic heterocycles. The van der Waals surface area contributed by atoms with Crippen LogP contribution in [0.5, 0.6) is 0 Å². The number of carbonyl (C=O) groups excluding carboxylic acids is 8. The summed E-state index contributed by atoms with van der Waals surface area (Å²) >= 11 is 0. The van der Waals surface area contributed by atoms with Crippen molar-refractivity contribution in [3.05, 3.63) is 0 Å². The standard InChI is InChI=1S/C13H21NO7.C9H17NO5.C6H15N.C4H6O3/c1-8(15)20-6-10(13(18)19-4)5-12(17)11(14-3)7-21-9(2)16;1-10-7(5-12)8(13)3-6(4-11)9(14)15-2;1-4-7(5-2)6-3;1-3(5)7-4(2)6/h10-11,14H,5-7H2,1-4H3;6-7,10-12H,3-5H2,1-2H3;4-6H2,1-3H3;1-2H3/t10?,11-;6?,7-;;/m00../s1. The molecule has 0 fully saturated rings. The lowest BCUT2D eigenvalue weighted by molar-refractivity contribution is -0.157. The third kappa shape index (κ3) is 30.2. The Kier molecular flexibility index (Phi) is 35.6. The monoisotopic (exact) mass is 725 g/mol. The van der Waals surface area contributed by atoms with Gasteiger partial charge in [-0.1, -0.05) is 20.8 Å². The van der Waals surface area contributed by atoms with Gasteiger partial charge < -0.3 is 49.4 Å². The van der Waals surface area contributed by atoms with Gasteiger partial charge in [-0.25, -0.2) is 0 Å². The Morgan fingerprint density at radius 3 is 1.24 bits per heavy atom. The predicted octanol–water partition coefficient (Wildman–Crippen LogP) is -0.799. The summed E-state index contributed by atoms with van der Waals surface area (Å²) in [6.07, 6.45) is -0.331. The molecule has 0 saturated heterocycles. The van der Waals surface area contributed by atoms with Gasteiger partial charge in [0.2, 0.25) is 0 Å². The number of nitrogens with zero attached hydrogens (tertiary/aromatic N) is 1. The van der Waals surface area contributed by atoms with E-state index in [1.807, 2.05) is 0 Å². The topological polar surface area (TPSA) is 250 Å². The van der Waals surface area contributed by atoms with Gasteiger partial charge in [-0.2, -0.15) is 0 Å². The quantitative estimate of drug-likeness (QED) is 0.0723. The zero-order valence-electron chi connectivity index (χ0n) is 31.3. The Morgan fingerprint density at radius 1 is 0.580 bits per heavy atom. The van der Waals surface area contributed by atoms with Crippen molar-refractivity contribution >= 4 is 47.4 Å². The van der Waals surface area contributed by atoms with Crippen molar-refractivity contribution < 1.29 is 72.3 Å². The highest BCUT2D eigenvalue weighted by molar-refractivity contribution is 5.89. The fourth-order valence-corrected chi connectivity index (χ4v) is 3.52. The highest BCUT2D eigenvalue weighted by atomic mass is 16.6. The summed E-state index contributed by atoms with van der Waals surface area (Å²) in [5, 5.41) is 23.0. The number of esters is 6. The van der Waals surface area contributed by atoms with Crippen molar-refractivity contribution in [2.75, 3.05) is 74.4 Å². The summed E-state index contributed by atoms with van der Waals surface area (Å²) in [5.41, 5.74) is 0. The fraction of sp³-hybridized carbons (Fsp3) is 0.750. The van der Waals surface area contributed by atoms with Crippen LogP contribution in [0.2, 0.25) is 0 Å². The zero-order chi connectivity index (χ0) is 39.8. The number of nitrogens with one attached hydrogen (secondary N) is 2. The second-order valence-corrected chi connectivity index (χ2v) is 10.1. The molecule has 0 aliphatic carbocycles. The van der Waals surface area contributed by atoms with Gasteiger partial charge in [0.15, 0.2) is 11.6 Å². The molecule has 0 aliphatic rings. The van der Waals surface area contributed by atoms with Crippen LogP contribution in [0, 0.1) is 11.8 Å². The number of aliphatic hydroxyl groups is 2. The van der Waals surface area contributed by atoms with Gasteiger partial charge in [0.1, 0.15) is 19.3 Å². The summed E-state index contributed by atoms with van der Waals surface area (Å²) in [7, 11) is 5.44. The molecule has 0 saturated carbocycles. The van der Waals surface area contributed by atoms with Crippen LogP contribution in [-0.2, 0) is 62.0 Å². The van der Waals surface area contributed by atoms with Crippen molar-refractivity contribution in [3.63, 3.8) is 0 Å². The minimum Gasteiger partial charge on any atom is -0.469 e. The number of aliphatic hydroxyl groups excluding tert-OH is 2. The normalized spacial score (nSPS) is 12.3. The van der Waals surface area contributed by atoms with Crippen molar-refractivity contribution in [1.29, 1.82) is 0 Å². The summed E-state index contributed by atoms with van der Waals surface area (Å²) in [6.45, 7) is 13.8. The van der Waals surface area contributed by atoms with Gasteiger partial charge in [0.05, 0.1) is 45.3 Å². The lowest BCUT2D eigenvalue weighted by atomic mass is 9.99. The van der Waals surface area contributed by atoms with Crippen LogP contribution in [0.3, 0.4) is 0 Å². The number of rotatable bonds is 19. The number of Topliss-reactive ketones (excluding diaryl/α,β-unsaturated/α-hetero) is 2. The Labute approximate surface area is 294 Å². The summed E-state index contributed by atoms with van der Waals surface area (Å²) in [6, 6.07) is -1.44. The van der Waals surface area contributed by atoms with E-state index in [0.29, 0.717) is 0 Å². The highest BCUT2D eigenvalue weighted by Gasteiger charge is 2.28. The van der Waals surface area contributed by atoms with Crippen molar-refractivity contribution in [1.82, 2.24) is 15.5 Å². The lowest BCUT2D eigenvalue weighted by Gasteiger charge is -2.18. The summed E-state index contributed by atoms with van der Waals surface area (Å²) < 4.78 is 22.5. The van der Waals surface area contributed by atoms with Crippen molar-refractivity contribution in [2.24, 2.45) is 11.8 Å². The Morgan fingerprint density at radius 2 is 0.960 bits per heavy atom. The number of methoxy groups -OCH3 is 2. The molecular formula is C32H59N3O15. The van der Waals surface area contributed by atoms with E-state index in [0.717, 1.165) is 0 Å². The first-order valence-corrected chi connectivity index (χ1v) is 15.8. The third-order valence-corrected chi connectivity index (χ3v) is 6.41. The van der Waals surface area contributed by atoms with Gasteiger partial charge in [0.25, 0.3) is 0 Å². The van der Waals surface area contributed by atoms with E-state index < -0.39 is 66.3 Å². The van der Waals surface area contributed by atoms with Crippen molar-refractivity contribution in [3.8, 4) is 0 Å². The van der Waals surface area contributed by atoms with Gasteiger partial charge in [-0.15, -0.1) is 0 Å². The molecule has 18 heteroatoms. The van der Waals surface area contributed by atoms with E-state index in [1.54, 1.807) is 0 Å². The maximum absolute atomic E-state index is 12.1. The Bertz CT molecular complexity index is 997. The Hall–Kier alpha value is -3.84. The second-order valence-electron chi connectivity index (χ2n) is 10.1. The molecule has 0 aromatic carbocycles. The van der Waals surface area contributed by atoms with Gasteiger partial charge in [-0.3, -0.25) is 38.4 Å². The molecule has 4 N–H and O–H groups in total. The Balaban J connectivity index is -0.000000315. The van der Waals surface area contributed by atoms with Crippen LogP contribution in [-0.4, -0.2) is 149 Å². The molecule has 50 heavy (non-hydrogen) atoms. The average Bonchev–Trinajstić information content (AvgIpc) is 3.06. The van der Waals surface area contributed by atoms with Gasteiger partial charge >= 0.3 is 35.8 Å². The highest BCUT2D eigenvalue weighted by Crippen LogP contribution is 2.10. The van der Waals surface area contributed by atoms with Crippen LogP contribution < -0.4 is 10.6 Å². The predicted molar refractivity (Wildman–Crippen MR) is 179 cm³/mol. The van der Waals surface area contributed by atoms with E-state index in [4.69, 9.17) is 19.7 Å². The zero-order valence-corrected chi connectivity index (χ0v) is 31.3. The molecule has 292 valence electrons. The van der Waals surface area contributed by atoms with Crippen molar-refractivity contribution in [2.45, 2.75) is 73.4 Å². The lowest BCUT2D eigenvalue weighted by Crippen LogP contribution is -2.41. The maximum atomic E-state index is 12.1. The molecule has 18 nitrogen and oxygen atoms in total. The fourth-order valence-electron chi connectivity index (χ4n) is 3.52. The van der Waals surface area contributed by atoms with Crippen LogP contribution >= 0.6 is 0 Å². The largest absolute Gasteiger partial charge is 0.469 e. The van der Waals surface area contributed by atoms with E-state index in [2.05, 4.69) is 50.5 Å². The van der Waals surface area contributed by atoms with E-state index in [9.17, 15) is 38.4 Å². The molecular weight excluding hydrogens is 666 g/mol. The molecule has 2 unspecified atom stereocenters. The molecule has 0 aliphatic heterocycles. The number of likely N-dealkylation sites (N-methyl/N-ethyl adjacent to an activating group) is 2. The molecule has 0 radical (unpaired) electrons. The van der Waals surface area contributed by atoms with Crippen LogP contribution in [0.25, 0.3) is 0 Å². The molecule has 0 heterocycles. The van der Waals surface area contributed by atoms with Gasteiger partial charge in [-0.05, 0) is 33.7 Å². The molecule has 0 rings (SSSR count). The first-order chi connectivity index (χ1) is 23.4. The smallest absolute Gasteiger partial charge is 0.312 e. The number of carbonyl (C=O) groups is 8. The number of hydrogen-bond donors (Lipinski definition) is 4. The minimum absolute atomic E-state index is 0.133. The molecule has 0 bridgehead atoms. The SMILES string of the molecule is CC(=O)OC(C)=O.CCN(CC)CC.CN[C@@H](CO)C(=O)CC(CO)C(=O)OC.CN[C@@H](COC(C)=O)C(=O)CC(COC(C)=O)C(=O)OC. The first-order valence-electron chi connectivity index (χ1n) is 15.8. The van der Waals surface area contributed by atoms with Gasteiger partial charge in [0, 0.05) is 40.5 Å². The third-order valence-electron chi connectivity index (χ3n) is 6.41. The number of hydrogen-bond acceptors (Lipinski definition) is 18. The van der Waals surface area contributed by atoms with Crippen LogP contribution in [0.1, 0.15) is 61.3 Å². The van der Waals surface area contributed by atoms with E-state index >= 15 is 0 Å². The van der Waals surface area contributed by atoms with E-state index in [1.165, 1.54) is 75.6 Å². The first kappa shape index (κ1) is 53.0. The molecule has 0 aromatic rings. The summed E-state index contributed by atoms with van der Waals surface area (Å²) in [4.78, 5) is 89.7. The second kappa shape index (κ2) is 33.6.